The molecule has 118 valence electrons. The van der Waals surface area contributed by atoms with E-state index in [-0.39, 0.29) is 23.1 Å². The van der Waals surface area contributed by atoms with Gasteiger partial charge in [0.15, 0.2) is 0 Å². The van der Waals surface area contributed by atoms with E-state index in [2.05, 4.69) is 10.0 Å². The van der Waals surface area contributed by atoms with Gasteiger partial charge in [0.25, 0.3) is 0 Å². The van der Waals surface area contributed by atoms with Crippen LogP contribution in [0.1, 0.15) is 30.6 Å². The highest BCUT2D eigenvalue weighted by molar-refractivity contribution is 7.89. The number of carboxylic acids is 1. The summed E-state index contributed by atoms with van der Waals surface area (Å²) in [6.45, 7) is 3.72. The summed E-state index contributed by atoms with van der Waals surface area (Å²) in [5.41, 5.74) is 0.202. The van der Waals surface area contributed by atoms with E-state index in [4.69, 9.17) is 10.2 Å². The number of aromatic carboxylic acids is 1. The predicted molar refractivity (Wildman–Crippen MR) is 79.1 cm³/mol. The van der Waals surface area contributed by atoms with Gasteiger partial charge >= 0.3 is 5.97 Å². The number of carboxylic acid groups (broad SMARTS) is 1. The minimum atomic E-state index is -3.82. The molecule has 0 aliphatic heterocycles. The maximum absolute atomic E-state index is 12.3. The van der Waals surface area contributed by atoms with Gasteiger partial charge < -0.3 is 15.5 Å². The molecule has 0 aliphatic carbocycles. The van der Waals surface area contributed by atoms with Crippen molar-refractivity contribution in [2.75, 3.05) is 18.5 Å². The van der Waals surface area contributed by atoms with Crippen molar-refractivity contribution in [3.05, 3.63) is 23.8 Å². The van der Waals surface area contributed by atoms with Crippen LogP contribution in [-0.2, 0) is 10.0 Å². The Morgan fingerprint density at radius 2 is 2.00 bits per heavy atom. The van der Waals surface area contributed by atoms with Gasteiger partial charge in [0.2, 0.25) is 10.0 Å². The molecule has 0 atom stereocenters. The van der Waals surface area contributed by atoms with Gasteiger partial charge in [0.1, 0.15) is 4.90 Å². The molecule has 0 saturated carbocycles. The molecule has 0 heterocycles. The van der Waals surface area contributed by atoms with Crippen molar-refractivity contribution in [2.45, 2.75) is 31.2 Å². The summed E-state index contributed by atoms with van der Waals surface area (Å²) in [6, 6.07) is 3.55. The topological polar surface area (TPSA) is 116 Å². The highest BCUT2D eigenvalue weighted by Crippen LogP contribution is 2.23. The van der Waals surface area contributed by atoms with Gasteiger partial charge in [0, 0.05) is 19.2 Å². The van der Waals surface area contributed by atoms with E-state index in [9.17, 15) is 13.2 Å². The van der Waals surface area contributed by atoms with E-state index >= 15 is 0 Å². The quantitative estimate of drug-likeness (QED) is 0.529. The van der Waals surface area contributed by atoms with Crippen molar-refractivity contribution in [2.24, 2.45) is 0 Å². The number of nitrogens with one attached hydrogen (secondary N) is 2. The molecule has 0 unspecified atom stereocenters. The predicted octanol–water partition coefficient (Wildman–Crippen LogP) is 0.866. The fourth-order valence-electron chi connectivity index (χ4n) is 1.70. The van der Waals surface area contributed by atoms with Gasteiger partial charge in [-0.2, -0.15) is 0 Å². The minimum absolute atomic E-state index is 0.0213. The number of carbonyl (C=O) groups is 1. The monoisotopic (exact) mass is 316 g/mol. The second kappa shape index (κ2) is 7.39. The standard InChI is InChI=1S/C13H20N2O5S/c1-9(2)15-21(19,20)12-8-10(13(17)18)4-5-11(12)14-6-3-7-16/h4-5,8-9,14-16H,3,6-7H2,1-2H3,(H,17,18). The first-order valence-electron chi connectivity index (χ1n) is 6.52. The van der Waals surface area contributed by atoms with Crippen LogP contribution in [0.25, 0.3) is 0 Å². The molecular weight excluding hydrogens is 296 g/mol. The molecule has 0 saturated heterocycles. The zero-order chi connectivity index (χ0) is 16.0. The van der Waals surface area contributed by atoms with Crippen LogP contribution in [-0.4, -0.2) is 43.8 Å². The lowest BCUT2D eigenvalue weighted by Gasteiger charge is -2.15. The highest BCUT2D eigenvalue weighted by Gasteiger charge is 2.21. The van der Waals surface area contributed by atoms with Gasteiger partial charge in [-0.1, -0.05) is 0 Å². The maximum atomic E-state index is 12.3. The highest BCUT2D eigenvalue weighted by atomic mass is 32.2. The summed E-state index contributed by atoms with van der Waals surface area (Å²) in [7, 11) is -3.82. The number of hydrogen-bond acceptors (Lipinski definition) is 5. The van der Waals surface area contributed by atoms with Gasteiger partial charge in [-0.05, 0) is 38.5 Å². The Kier molecular flexibility index (Phi) is 6.13. The Labute approximate surface area is 124 Å². The molecule has 4 N–H and O–H groups in total. The van der Waals surface area contributed by atoms with Gasteiger partial charge in [0.05, 0.1) is 11.3 Å². The normalized spacial score (nSPS) is 11.6. The van der Waals surface area contributed by atoms with Gasteiger partial charge in [-0.25, -0.2) is 17.9 Å². The molecule has 0 bridgehead atoms. The Morgan fingerprint density at radius 3 is 2.52 bits per heavy atom. The van der Waals surface area contributed by atoms with Crippen LogP contribution in [0.3, 0.4) is 0 Å². The van der Waals surface area contributed by atoms with Crippen molar-refractivity contribution < 1.29 is 23.4 Å². The van der Waals surface area contributed by atoms with Crippen LogP contribution in [0.15, 0.2) is 23.1 Å². The maximum Gasteiger partial charge on any atom is 0.335 e. The molecule has 0 amide bonds. The fraction of sp³-hybridized carbons (Fsp3) is 0.462. The second-order valence-electron chi connectivity index (χ2n) is 4.80. The van der Waals surface area contributed by atoms with E-state index < -0.39 is 16.0 Å². The van der Waals surface area contributed by atoms with E-state index in [0.717, 1.165) is 6.07 Å². The first-order valence-corrected chi connectivity index (χ1v) is 8.00. The van der Waals surface area contributed by atoms with Crippen LogP contribution >= 0.6 is 0 Å². The van der Waals surface area contributed by atoms with E-state index in [1.165, 1.54) is 12.1 Å². The lowest BCUT2D eigenvalue weighted by Crippen LogP contribution is -2.31. The summed E-state index contributed by atoms with van der Waals surface area (Å²) in [5, 5.41) is 20.6. The first kappa shape index (κ1) is 17.4. The van der Waals surface area contributed by atoms with Crippen molar-refractivity contribution in [3.8, 4) is 0 Å². The average Bonchev–Trinajstić information content (AvgIpc) is 2.37. The summed E-state index contributed by atoms with van der Waals surface area (Å²) >= 11 is 0. The zero-order valence-electron chi connectivity index (χ0n) is 12.0. The average molecular weight is 316 g/mol. The molecular formula is C13H20N2O5S. The molecule has 1 aromatic carbocycles. The number of sulfonamides is 1. The van der Waals surface area contributed by atoms with Crippen LogP contribution in [0.4, 0.5) is 5.69 Å². The molecule has 21 heavy (non-hydrogen) atoms. The summed E-state index contributed by atoms with van der Waals surface area (Å²) < 4.78 is 27.0. The number of aliphatic hydroxyl groups excluding tert-OH is 1. The Hall–Kier alpha value is -1.64. The Morgan fingerprint density at radius 1 is 1.33 bits per heavy atom. The number of anilines is 1. The van der Waals surface area contributed by atoms with Crippen LogP contribution in [0.5, 0.6) is 0 Å². The number of rotatable bonds is 8. The third kappa shape index (κ3) is 5.00. The fourth-order valence-corrected chi connectivity index (χ4v) is 3.16. The lowest BCUT2D eigenvalue weighted by molar-refractivity contribution is 0.0696. The molecule has 1 aromatic rings. The summed E-state index contributed by atoms with van der Waals surface area (Å²) in [6.07, 6.45) is 0.456. The van der Waals surface area contributed by atoms with Crippen LogP contribution in [0, 0.1) is 0 Å². The molecule has 0 aromatic heterocycles. The van der Waals surface area contributed by atoms with Crippen molar-refractivity contribution >= 4 is 21.7 Å². The number of benzene rings is 1. The van der Waals surface area contributed by atoms with Crippen LogP contribution < -0.4 is 10.0 Å². The van der Waals surface area contributed by atoms with Crippen molar-refractivity contribution in [3.63, 3.8) is 0 Å². The molecule has 0 spiro atoms. The zero-order valence-corrected chi connectivity index (χ0v) is 12.8. The summed E-state index contributed by atoms with van der Waals surface area (Å²) in [4.78, 5) is 10.9. The molecule has 0 radical (unpaired) electrons. The third-order valence-corrected chi connectivity index (χ3v) is 4.26. The van der Waals surface area contributed by atoms with E-state index in [1.807, 2.05) is 0 Å². The van der Waals surface area contributed by atoms with Crippen LogP contribution in [0.2, 0.25) is 0 Å². The first-order chi connectivity index (χ1) is 9.77. The van der Waals surface area contributed by atoms with Crippen molar-refractivity contribution in [1.82, 2.24) is 4.72 Å². The number of hydrogen-bond donors (Lipinski definition) is 4. The Bertz CT molecular complexity index is 599. The molecule has 0 aliphatic rings. The second-order valence-corrected chi connectivity index (χ2v) is 6.48. The van der Waals surface area contributed by atoms with E-state index in [1.54, 1.807) is 13.8 Å². The molecule has 1 rings (SSSR count). The number of aliphatic hydroxyl groups is 1. The molecule has 0 fully saturated rings. The van der Waals surface area contributed by atoms with E-state index in [0.29, 0.717) is 18.7 Å². The largest absolute Gasteiger partial charge is 0.478 e. The smallest absolute Gasteiger partial charge is 0.335 e. The third-order valence-electron chi connectivity index (χ3n) is 2.56. The Balaban J connectivity index is 3.22. The van der Waals surface area contributed by atoms with Gasteiger partial charge in [-0.15, -0.1) is 0 Å². The SMILES string of the molecule is CC(C)NS(=O)(=O)c1cc(C(=O)O)ccc1NCCCO. The minimum Gasteiger partial charge on any atom is -0.478 e. The van der Waals surface area contributed by atoms with Crippen molar-refractivity contribution in [1.29, 1.82) is 0 Å². The van der Waals surface area contributed by atoms with Gasteiger partial charge in [-0.3, -0.25) is 0 Å². The molecule has 8 heteroatoms. The summed E-state index contributed by atoms with van der Waals surface area (Å²) in [5.74, 6) is -1.20. The molecule has 7 nitrogen and oxygen atoms in total. The lowest BCUT2D eigenvalue weighted by atomic mass is 10.2.